The highest BCUT2D eigenvalue weighted by Crippen LogP contribution is 2.45. The highest BCUT2D eigenvalue weighted by Gasteiger charge is 2.50. The molecule has 5 aliphatic heterocycles. The molecule has 0 spiro atoms. The number of benzene rings is 2. The van der Waals surface area contributed by atoms with Crippen molar-refractivity contribution in [1.29, 1.82) is 0 Å². The molecule has 0 aliphatic carbocycles. The normalized spacial score (nSPS) is 27.3. The molecule has 2 aromatic heterocycles. The van der Waals surface area contributed by atoms with Gasteiger partial charge >= 0.3 is 6.01 Å². The molecule has 4 saturated heterocycles. The fraction of sp³-hybridized carbons (Fsp3) is 0.537. The van der Waals surface area contributed by atoms with Crippen molar-refractivity contribution in [2.75, 3.05) is 31.2 Å². The summed E-state index contributed by atoms with van der Waals surface area (Å²) in [6, 6.07) is 9.98. The molecule has 266 valence electrons. The maximum absolute atomic E-state index is 17.3. The molecule has 2 bridgehead atoms. The summed E-state index contributed by atoms with van der Waals surface area (Å²) in [5.41, 5.74) is 1.30. The molecule has 10 heteroatoms. The van der Waals surface area contributed by atoms with E-state index in [1.807, 2.05) is 12.1 Å². The maximum atomic E-state index is 17.3. The molecule has 5 aliphatic rings. The first kappa shape index (κ1) is 33.0. The Morgan fingerprint density at radius 3 is 2.75 bits per heavy atom. The van der Waals surface area contributed by atoms with Gasteiger partial charge in [0.05, 0.1) is 34.4 Å². The predicted octanol–water partition coefficient (Wildman–Crippen LogP) is 6.94. The van der Waals surface area contributed by atoms with E-state index in [4.69, 9.17) is 30.8 Å². The van der Waals surface area contributed by atoms with Gasteiger partial charge in [-0.1, -0.05) is 30.2 Å². The molecule has 0 unspecified atom stereocenters. The Morgan fingerprint density at radius 2 is 1.90 bits per heavy atom. The molecule has 8 nitrogen and oxygen atoms in total. The van der Waals surface area contributed by atoms with Gasteiger partial charge in [-0.3, -0.25) is 4.90 Å². The Balaban J connectivity index is 1.17. The molecule has 0 amide bonds. The van der Waals surface area contributed by atoms with Crippen LogP contribution in [0.5, 0.6) is 6.01 Å². The number of aryl methyl sites for hydroxylation is 1. The molecular weight excluding hydrogens is 646 g/mol. The number of hydrogen-bond acceptors (Lipinski definition) is 8. The van der Waals surface area contributed by atoms with Crippen LogP contribution in [-0.4, -0.2) is 81.5 Å². The lowest BCUT2D eigenvalue weighted by atomic mass is 9.93. The van der Waals surface area contributed by atoms with Gasteiger partial charge in [-0.05, 0) is 96.6 Å². The van der Waals surface area contributed by atoms with Crippen LogP contribution in [0.25, 0.3) is 32.9 Å². The van der Waals surface area contributed by atoms with E-state index in [0.717, 1.165) is 75.5 Å². The Kier molecular flexibility index (Phi) is 7.98. The van der Waals surface area contributed by atoms with Crippen LogP contribution in [0, 0.1) is 24.0 Å². The van der Waals surface area contributed by atoms with Crippen LogP contribution < -0.4 is 15.0 Å². The lowest BCUT2D eigenvalue weighted by Crippen LogP contribution is -2.58. The first-order valence-corrected chi connectivity index (χ1v) is 18.8. The van der Waals surface area contributed by atoms with Crippen molar-refractivity contribution in [3.8, 4) is 29.6 Å². The van der Waals surface area contributed by atoms with Crippen LogP contribution >= 0.6 is 0 Å². The van der Waals surface area contributed by atoms with Crippen LogP contribution in [-0.2, 0) is 11.2 Å². The fourth-order valence-electron chi connectivity index (χ4n) is 9.83. The molecule has 9 rings (SSSR count). The van der Waals surface area contributed by atoms with Crippen molar-refractivity contribution in [2.45, 2.75) is 114 Å². The molecule has 4 fully saturated rings. The number of nitrogens with one attached hydrogen (secondary N) is 1. The van der Waals surface area contributed by atoms with E-state index in [1.54, 1.807) is 12.1 Å². The minimum atomic E-state index is -0.571. The Labute approximate surface area is 298 Å². The van der Waals surface area contributed by atoms with Crippen molar-refractivity contribution >= 4 is 27.5 Å². The van der Waals surface area contributed by atoms with Gasteiger partial charge in [-0.25, -0.2) is 13.8 Å². The van der Waals surface area contributed by atoms with E-state index in [0.29, 0.717) is 59.9 Å². The number of ether oxygens (including phenoxy) is 2. The molecule has 4 aromatic rings. The maximum Gasteiger partial charge on any atom is 0.319 e. The summed E-state index contributed by atoms with van der Waals surface area (Å²) in [5.74, 6) is 2.13. The smallest absolute Gasteiger partial charge is 0.319 e. The Hall–Kier alpha value is -3.91. The molecule has 0 saturated carbocycles. The lowest BCUT2D eigenvalue weighted by Gasteiger charge is -2.43. The number of fused-ring (bicyclic) bond motifs is 7. The monoisotopic (exact) mass is 692 g/mol. The van der Waals surface area contributed by atoms with Gasteiger partial charge in [0.1, 0.15) is 29.5 Å². The van der Waals surface area contributed by atoms with Crippen LogP contribution in [0.15, 0.2) is 30.3 Å². The molecule has 2 aromatic carbocycles. The van der Waals surface area contributed by atoms with Gasteiger partial charge < -0.3 is 19.7 Å². The summed E-state index contributed by atoms with van der Waals surface area (Å²) in [6.07, 6.45) is 14.8. The second-order valence-corrected chi connectivity index (χ2v) is 16.3. The van der Waals surface area contributed by atoms with Crippen LogP contribution in [0.1, 0.15) is 83.4 Å². The van der Waals surface area contributed by atoms with Crippen molar-refractivity contribution in [2.24, 2.45) is 0 Å². The number of pyridine rings is 1. The fourth-order valence-corrected chi connectivity index (χ4v) is 9.83. The van der Waals surface area contributed by atoms with Crippen molar-refractivity contribution < 1.29 is 18.3 Å². The molecule has 0 radical (unpaired) electrons. The first-order chi connectivity index (χ1) is 24.6. The number of terminal acetylenes is 1. The molecular formula is C41H46F2N6O2. The largest absolute Gasteiger partial charge is 0.461 e. The number of rotatable bonds is 6. The summed E-state index contributed by atoms with van der Waals surface area (Å²) in [4.78, 5) is 20.0. The van der Waals surface area contributed by atoms with E-state index >= 15 is 8.78 Å². The van der Waals surface area contributed by atoms with Crippen molar-refractivity contribution in [3.63, 3.8) is 0 Å². The zero-order chi connectivity index (χ0) is 35.1. The Morgan fingerprint density at radius 1 is 1.02 bits per heavy atom. The van der Waals surface area contributed by atoms with E-state index < -0.39 is 11.6 Å². The molecule has 51 heavy (non-hydrogen) atoms. The highest BCUT2D eigenvalue weighted by molar-refractivity contribution is 6.02. The second kappa shape index (κ2) is 12.4. The second-order valence-electron chi connectivity index (χ2n) is 16.3. The molecule has 5 atom stereocenters. The number of nitrogens with zero attached hydrogens (tertiary/aromatic N) is 5. The van der Waals surface area contributed by atoms with Gasteiger partial charge in [0.15, 0.2) is 5.82 Å². The van der Waals surface area contributed by atoms with Crippen molar-refractivity contribution in [1.82, 2.24) is 25.2 Å². The van der Waals surface area contributed by atoms with Crippen LogP contribution in [0.4, 0.5) is 14.6 Å². The van der Waals surface area contributed by atoms with Gasteiger partial charge in [0.25, 0.3) is 0 Å². The minimum Gasteiger partial charge on any atom is -0.461 e. The zero-order valence-corrected chi connectivity index (χ0v) is 29.8. The predicted molar refractivity (Wildman–Crippen MR) is 195 cm³/mol. The van der Waals surface area contributed by atoms with E-state index in [-0.39, 0.29) is 40.0 Å². The molecule has 1 N–H and O–H groups in total. The van der Waals surface area contributed by atoms with E-state index in [2.05, 4.69) is 41.8 Å². The highest BCUT2D eigenvalue weighted by atomic mass is 19.1. The van der Waals surface area contributed by atoms with E-state index in [1.165, 1.54) is 6.07 Å². The third-order valence-electron chi connectivity index (χ3n) is 12.2. The Bertz CT molecular complexity index is 2080. The third-order valence-corrected chi connectivity index (χ3v) is 12.2. The number of halogens is 2. The van der Waals surface area contributed by atoms with E-state index in [9.17, 15) is 0 Å². The summed E-state index contributed by atoms with van der Waals surface area (Å²) < 4.78 is 45.3. The number of piperazine rings is 1. The lowest BCUT2D eigenvalue weighted by molar-refractivity contribution is -0.0377. The number of hydrogen-bond donors (Lipinski definition) is 1. The van der Waals surface area contributed by atoms with Gasteiger partial charge in [0, 0.05) is 41.7 Å². The SMILES string of the molecule is C#Cc1c(F)ccc2cccc(-c3nc4c5c(nc(OC[C@@]67CCCN6[C@H](COC(C)(C)C)CC7)nc5c3F)N3C[C@H]5CC[C@H](N5)[C@H]3CCC4)c12. The average Bonchev–Trinajstić information content (AvgIpc) is 3.80. The van der Waals surface area contributed by atoms with Crippen LogP contribution in [0.3, 0.4) is 0 Å². The zero-order valence-electron chi connectivity index (χ0n) is 29.8. The minimum absolute atomic E-state index is 0.0988. The van der Waals surface area contributed by atoms with Gasteiger partial charge in [0.2, 0.25) is 0 Å². The molecule has 7 heterocycles. The number of aromatic nitrogens is 3. The quantitative estimate of drug-likeness (QED) is 0.218. The average molecular weight is 693 g/mol. The summed E-state index contributed by atoms with van der Waals surface area (Å²) in [5, 5.41) is 5.67. The van der Waals surface area contributed by atoms with Gasteiger partial charge in [-0.15, -0.1) is 6.42 Å². The summed E-state index contributed by atoms with van der Waals surface area (Å²) in [6.45, 7) is 9.22. The van der Waals surface area contributed by atoms with Gasteiger partial charge in [-0.2, -0.15) is 9.97 Å². The standard InChI is InChI=1S/C41H46F2N6O2/c1-5-27-29(42)15-13-24-9-6-10-28(33(24)27)36-35(43)37-34-31(45-36)11-7-12-32-30-16-14-25(44-30)21-48(32)38(34)47-39(46-37)50-23-41-18-8-20-49(41)26(17-19-41)22-51-40(2,3)4/h1,6,9-10,13,15,25-26,30,32,44H,7-8,11-12,14,16-23H2,2-4H3/t25-,26+,30+,32-,41+/m1/s1. The van der Waals surface area contributed by atoms with Crippen LogP contribution in [0.2, 0.25) is 0 Å². The third kappa shape index (κ3) is 5.55. The topological polar surface area (TPSA) is 75.6 Å². The van der Waals surface area contributed by atoms with Crippen molar-refractivity contribution in [3.05, 3.63) is 53.2 Å². The summed E-state index contributed by atoms with van der Waals surface area (Å²) >= 11 is 0. The number of anilines is 1. The first-order valence-electron chi connectivity index (χ1n) is 18.8. The summed E-state index contributed by atoms with van der Waals surface area (Å²) in [7, 11) is 0.